The Morgan fingerprint density at radius 2 is 1.57 bits per heavy atom. The fourth-order valence-corrected chi connectivity index (χ4v) is 4.30. The van der Waals surface area contributed by atoms with Crippen molar-refractivity contribution < 1.29 is 49.3 Å². The molecule has 0 saturated heterocycles. The predicted octanol–water partition coefficient (Wildman–Crippen LogP) is 2.36. The van der Waals surface area contributed by atoms with Crippen LogP contribution in [0.4, 0.5) is 0 Å². The molecule has 2 aliphatic rings. The van der Waals surface area contributed by atoms with Gasteiger partial charge in [0.1, 0.15) is 34.3 Å². The first-order chi connectivity index (χ1) is 16.8. The van der Waals surface area contributed by atoms with Crippen LogP contribution in [0.15, 0.2) is 48.5 Å². The molecule has 10 heteroatoms. The Labute approximate surface area is 199 Å². The number of phenolic OH excluding ortho intramolecular Hbond substituents is 3. The maximum atomic E-state index is 12.7. The topological polar surface area (TPSA) is 155 Å². The molecular weight excluding hydrogens is 460 g/mol. The smallest absolute Gasteiger partial charge is 0.202 e. The van der Waals surface area contributed by atoms with Crippen LogP contribution >= 0.6 is 0 Å². The largest absolute Gasteiger partial charge is 0.508 e. The highest BCUT2D eigenvalue weighted by atomic mass is 16.6. The van der Waals surface area contributed by atoms with Crippen LogP contribution < -0.4 is 18.9 Å². The summed E-state index contributed by atoms with van der Waals surface area (Å²) in [6, 6.07) is 11.4. The second-order valence-corrected chi connectivity index (χ2v) is 8.23. The Hall–Kier alpha value is -4.15. The molecule has 5 N–H and O–H groups in total. The number of phenols is 3. The van der Waals surface area contributed by atoms with Crippen LogP contribution in [-0.4, -0.2) is 57.2 Å². The average molecular weight is 482 g/mol. The number of carbonyl (C=O) groups is 1. The van der Waals surface area contributed by atoms with Crippen LogP contribution in [0.3, 0.4) is 0 Å². The van der Waals surface area contributed by atoms with Gasteiger partial charge >= 0.3 is 0 Å². The third-order valence-electron chi connectivity index (χ3n) is 5.95. The number of hydrogen-bond donors (Lipinski definition) is 5. The molecule has 0 fully saturated rings. The van der Waals surface area contributed by atoms with Gasteiger partial charge in [-0.3, -0.25) is 4.79 Å². The molecule has 0 radical (unpaired) electrons. The number of ketones is 1. The lowest BCUT2D eigenvalue weighted by Gasteiger charge is -2.35. The molecular formula is C25H22O10. The van der Waals surface area contributed by atoms with Crippen molar-refractivity contribution in [3.05, 3.63) is 65.2 Å². The zero-order valence-electron chi connectivity index (χ0n) is 18.4. The Morgan fingerprint density at radius 1 is 0.829 bits per heavy atom. The third-order valence-corrected chi connectivity index (χ3v) is 5.95. The van der Waals surface area contributed by atoms with Gasteiger partial charge in [-0.1, -0.05) is 6.07 Å². The van der Waals surface area contributed by atoms with Gasteiger partial charge < -0.3 is 44.5 Å². The maximum absolute atomic E-state index is 12.7. The molecule has 0 saturated carbocycles. The van der Waals surface area contributed by atoms with Gasteiger partial charge in [-0.15, -0.1) is 0 Å². The zero-order valence-corrected chi connectivity index (χ0v) is 18.4. The number of Topliss-reactive ketones (excluding diaryl/α,β-unsaturated/α-hetero) is 1. The number of ether oxygens (including phenoxy) is 4. The van der Waals surface area contributed by atoms with Crippen molar-refractivity contribution >= 4 is 5.78 Å². The van der Waals surface area contributed by atoms with Gasteiger partial charge in [0.15, 0.2) is 35.9 Å². The molecule has 2 heterocycles. The van der Waals surface area contributed by atoms with E-state index in [2.05, 4.69) is 0 Å². The second-order valence-electron chi connectivity index (χ2n) is 8.23. The Bertz CT molecular complexity index is 1300. The van der Waals surface area contributed by atoms with Crippen LogP contribution in [0.1, 0.15) is 33.7 Å². The van der Waals surface area contributed by atoms with Crippen molar-refractivity contribution in [2.24, 2.45) is 0 Å². The van der Waals surface area contributed by atoms with Crippen molar-refractivity contribution in [2.45, 2.75) is 24.4 Å². The fraction of sp³-hybridized carbons (Fsp3) is 0.240. The number of aromatic hydroxyl groups is 3. The summed E-state index contributed by atoms with van der Waals surface area (Å²) in [7, 11) is 1.46. The number of benzene rings is 3. The molecule has 0 amide bonds. The van der Waals surface area contributed by atoms with Crippen molar-refractivity contribution in [1.82, 2.24) is 0 Å². The number of carbonyl (C=O) groups excluding carboxylic acids is 1. The van der Waals surface area contributed by atoms with E-state index < -0.39 is 42.6 Å². The van der Waals surface area contributed by atoms with Crippen molar-refractivity contribution in [1.29, 1.82) is 0 Å². The molecule has 5 rings (SSSR count). The molecule has 3 aromatic carbocycles. The first-order valence-corrected chi connectivity index (χ1v) is 10.7. The summed E-state index contributed by atoms with van der Waals surface area (Å²) in [4.78, 5) is 12.7. The monoisotopic (exact) mass is 482 g/mol. The van der Waals surface area contributed by atoms with E-state index in [1.165, 1.54) is 31.4 Å². The van der Waals surface area contributed by atoms with Gasteiger partial charge in [0.05, 0.1) is 13.7 Å². The number of aliphatic hydroxyl groups excluding tert-OH is 2. The van der Waals surface area contributed by atoms with Crippen LogP contribution in [0, 0.1) is 0 Å². The standard InChI is InChI=1S/C25H22O10/c1-32-15-5-12(4-13(27)7-15)24-20(10-26)33-18-6-11(2-3-17(18)34-24)25-23(31)22(30)21-16(29)8-14(28)9-19(21)35-25/h2-9,20,23-29,31H,10H2,1H3/t20-,23-,24-,25+/m0/s1. The molecule has 4 atom stereocenters. The molecule has 0 aliphatic carbocycles. The SMILES string of the molecule is COc1cc(O)cc([C@@H]2Oc3ccc([C@H]4Oc5cc(O)cc(O)c5C(=O)[C@@H]4O)cc3O[C@H]2CO)c1. The molecule has 0 bridgehead atoms. The van der Waals surface area contributed by atoms with Gasteiger partial charge in [-0.2, -0.15) is 0 Å². The van der Waals surface area contributed by atoms with Gasteiger partial charge in [-0.05, 0) is 29.8 Å². The quantitative estimate of drug-likeness (QED) is 0.374. The minimum Gasteiger partial charge on any atom is -0.508 e. The van der Waals surface area contributed by atoms with Crippen LogP contribution in [0.2, 0.25) is 0 Å². The molecule has 0 aromatic heterocycles. The van der Waals surface area contributed by atoms with Crippen molar-refractivity contribution in [3.63, 3.8) is 0 Å². The maximum Gasteiger partial charge on any atom is 0.202 e. The predicted molar refractivity (Wildman–Crippen MR) is 119 cm³/mol. The normalized spacial score (nSPS) is 22.8. The highest BCUT2D eigenvalue weighted by Gasteiger charge is 2.40. The van der Waals surface area contributed by atoms with Crippen LogP contribution in [0.25, 0.3) is 0 Å². The molecule has 182 valence electrons. The summed E-state index contributed by atoms with van der Waals surface area (Å²) in [5.74, 6) is -0.663. The first-order valence-electron chi connectivity index (χ1n) is 10.7. The third kappa shape index (κ3) is 3.92. The van der Waals surface area contributed by atoms with Crippen molar-refractivity contribution in [2.75, 3.05) is 13.7 Å². The number of hydrogen-bond acceptors (Lipinski definition) is 10. The lowest BCUT2D eigenvalue weighted by molar-refractivity contribution is -0.0131. The lowest BCUT2D eigenvalue weighted by Crippen LogP contribution is -2.37. The van der Waals surface area contributed by atoms with E-state index in [-0.39, 0.29) is 28.6 Å². The summed E-state index contributed by atoms with van der Waals surface area (Å²) < 4.78 is 23.0. The minimum absolute atomic E-state index is 0.0359. The Morgan fingerprint density at radius 3 is 2.31 bits per heavy atom. The zero-order chi connectivity index (χ0) is 24.9. The first kappa shape index (κ1) is 22.6. The number of rotatable bonds is 4. The fourth-order valence-electron chi connectivity index (χ4n) is 4.30. The molecule has 2 aliphatic heterocycles. The number of methoxy groups -OCH3 is 1. The van der Waals surface area contributed by atoms with E-state index in [4.69, 9.17) is 18.9 Å². The Balaban J connectivity index is 1.47. The average Bonchev–Trinajstić information content (AvgIpc) is 2.84. The Kier molecular flexibility index (Phi) is 5.54. The highest BCUT2D eigenvalue weighted by Crippen LogP contribution is 2.45. The molecule has 0 unspecified atom stereocenters. The van der Waals surface area contributed by atoms with Crippen LogP contribution in [-0.2, 0) is 0 Å². The summed E-state index contributed by atoms with van der Waals surface area (Å²) in [5.41, 5.74) is 0.688. The van der Waals surface area contributed by atoms with Crippen molar-refractivity contribution in [3.8, 4) is 40.2 Å². The summed E-state index contributed by atoms with van der Waals surface area (Å²) in [6.07, 6.45) is -4.36. The molecule has 3 aromatic rings. The van der Waals surface area contributed by atoms with Gasteiger partial charge in [0.25, 0.3) is 0 Å². The van der Waals surface area contributed by atoms with Gasteiger partial charge in [-0.25, -0.2) is 0 Å². The summed E-state index contributed by atoms with van der Waals surface area (Å²) in [5, 5.41) is 50.3. The molecule has 35 heavy (non-hydrogen) atoms. The number of fused-ring (bicyclic) bond motifs is 2. The van der Waals surface area contributed by atoms with E-state index in [0.717, 1.165) is 6.07 Å². The minimum atomic E-state index is -1.62. The van der Waals surface area contributed by atoms with Gasteiger partial charge in [0, 0.05) is 23.8 Å². The lowest BCUT2D eigenvalue weighted by atomic mass is 9.92. The van der Waals surface area contributed by atoms with Gasteiger partial charge in [0.2, 0.25) is 5.78 Å². The van der Waals surface area contributed by atoms with E-state index >= 15 is 0 Å². The highest BCUT2D eigenvalue weighted by molar-refractivity contribution is 6.05. The summed E-state index contributed by atoms with van der Waals surface area (Å²) >= 11 is 0. The second kappa shape index (κ2) is 8.57. The van der Waals surface area contributed by atoms with E-state index in [1.807, 2.05) is 0 Å². The molecule has 10 nitrogen and oxygen atoms in total. The number of aliphatic hydroxyl groups is 2. The van der Waals surface area contributed by atoms with E-state index in [0.29, 0.717) is 22.6 Å². The molecule has 0 spiro atoms. The summed E-state index contributed by atoms with van der Waals surface area (Å²) in [6.45, 7) is -0.403. The van der Waals surface area contributed by atoms with Crippen LogP contribution in [0.5, 0.6) is 40.2 Å². The van der Waals surface area contributed by atoms with E-state index in [9.17, 15) is 30.3 Å². The van der Waals surface area contributed by atoms with E-state index in [1.54, 1.807) is 18.2 Å².